The molecule has 0 saturated heterocycles. The highest BCUT2D eigenvalue weighted by molar-refractivity contribution is 6.37. The molecule has 0 aliphatic carbocycles. The summed E-state index contributed by atoms with van der Waals surface area (Å²) in [6.45, 7) is 7.84. The zero-order valence-corrected chi connectivity index (χ0v) is 21.5. The fraction of sp³-hybridized carbons (Fsp3) is 0.400. The van der Waals surface area contributed by atoms with Crippen molar-refractivity contribution in [3.05, 3.63) is 57.7 Å². The molecular weight excluding hydrogens is 495 g/mol. The minimum Gasteiger partial charge on any atom is -0.487 e. The molecule has 0 radical (unpaired) electrons. The van der Waals surface area contributed by atoms with Gasteiger partial charge in [-0.05, 0) is 62.6 Å². The van der Waals surface area contributed by atoms with E-state index in [0.717, 1.165) is 5.56 Å². The Bertz CT molecular complexity index is 1090. The number of pyridine rings is 1. The normalized spacial score (nSPS) is 15.9. The standard InChI is InChI=1S/C25H28Cl2N2O6/c1-15-11-19(26)22(20(27)12-15)34-10-9-33-21-6-5-16(13-28-21)17-7-8-29(14-18(17)23(30)31)24(32)35-25(2,3)4/h5-7,11-13,18H,8-10,14H2,1-4H3,(H,30,31). The number of aliphatic carboxylic acids is 1. The maximum absolute atomic E-state index is 12.4. The van der Waals surface area contributed by atoms with Crippen LogP contribution in [0, 0.1) is 12.8 Å². The lowest BCUT2D eigenvalue weighted by Crippen LogP contribution is -2.44. The molecule has 1 aromatic heterocycles. The van der Waals surface area contributed by atoms with Gasteiger partial charge in [-0.25, -0.2) is 9.78 Å². The summed E-state index contributed by atoms with van der Waals surface area (Å²) in [5.41, 5.74) is 1.50. The molecule has 1 aliphatic heterocycles. The van der Waals surface area contributed by atoms with Crippen LogP contribution in [0.25, 0.3) is 5.57 Å². The Kier molecular flexibility index (Phi) is 8.51. The number of carboxylic acids is 1. The Morgan fingerprint density at radius 1 is 1.14 bits per heavy atom. The van der Waals surface area contributed by atoms with E-state index < -0.39 is 23.6 Å². The molecule has 0 spiro atoms. The van der Waals surface area contributed by atoms with Crippen LogP contribution in [0.5, 0.6) is 11.6 Å². The Morgan fingerprint density at radius 3 is 2.37 bits per heavy atom. The summed E-state index contributed by atoms with van der Waals surface area (Å²) < 4.78 is 16.6. The molecule has 0 fully saturated rings. The van der Waals surface area contributed by atoms with Gasteiger partial charge < -0.3 is 24.2 Å². The summed E-state index contributed by atoms with van der Waals surface area (Å²) in [5, 5.41) is 10.6. The summed E-state index contributed by atoms with van der Waals surface area (Å²) in [4.78, 5) is 29.9. The van der Waals surface area contributed by atoms with Gasteiger partial charge in [-0.1, -0.05) is 29.3 Å². The van der Waals surface area contributed by atoms with Crippen molar-refractivity contribution in [2.24, 2.45) is 5.92 Å². The van der Waals surface area contributed by atoms with Gasteiger partial charge in [-0.15, -0.1) is 0 Å². The molecule has 188 valence electrons. The van der Waals surface area contributed by atoms with Crippen LogP contribution in [0.15, 0.2) is 36.5 Å². The molecule has 10 heteroatoms. The first kappa shape index (κ1) is 26.6. The lowest BCUT2D eigenvalue weighted by molar-refractivity contribution is -0.140. The van der Waals surface area contributed by atoms with Gasteiger partial charge in [0, 0.05) is 25.4 Å². The van der Waals surface area contributed by atoms with E-state index in [1.54, 1.807) is 57.3 Å². The van der Waals surface area contributed by atoms with E-state index in [4.69, 9.17) is 37.4 Å². The van der Waals surface area contributed by atoms with Gasteiger partial charge in [0.1, 0.15) is 18.8 Å². The lowest BCUT2D eigenvalue weighted by atomic mass is 9.90. The van der Waals surface area contributed by atoms with E-state index >= 15 is 0 Å². The Balaban J connectivity index is 1.60. The first-order valence-electron chi connectivity index (χ1n) is 11.0. The van der Waals surface area contributed by atoms with Gasteiger partial charge in [0.15, 0.2) is 5.75 Å². The number of halogens is 2. The average Bonchev–Trinajstić information content (AvgIpc) is 2.76. The fourth-order valence-electron chi connectivity index (χ4n) is 3.50. The topological polar surface area (TPSA) is 98.2 Å². The summed E-state index contributed by atoms with van der Waals surface area (Å²) in [6.07, 6.45) is 2.72. The van der Waals surface area contributed by atoms with E-state index in [0.29, 0.717) is 32.8 Å². The van der Waals surface area contributed by atoms with Crippen molar-refractivity contribution in [2.75, 3.05) is 26.3 Å². The number of nitrogens with zero attached hydrogens (tertiary/aromatic N) is 2. The zero-order valence-electron chi connectivity index (χ0n) is 20.0. The number of benzene rings is 1. The fourth-order valence-corrected chi connectivity index (χ4v) is 4.21. The van der Waals surface area contributed by atoms with Gasteiger partial charge in [0.25, 0.3) is 0 Å². The molecule has 1 N–H and O–H groups in total. The number of carbonyl (C=O) groups is 2. The van der Waals surface area contributed by atoms with Gasteiger partial charge in [0.2, 0.25) is 5.88 Å². The van der Waals surface area contributed by atoms with Crippen LogP contribution >= 0.6 is 23.2 Å². The molecule has 35 heavy (non-hydrogen) atoms. The number of carbonyl (C=O) groups excluding carboxylic acids is 1. The number of carboxylic acid groups (broad SMARTS) is 1. The summed E-state index contributed by atoms with van der Waals surface area (Å²) in [6, 6.07) is 6.92. The van der Waals surface area contributed by atoms with Crippen molar-refractivity contribution in [1.29, 1.82) is 0 Å². The minimum absolute atomic E-state index is 0.00972. The highest BCUT2D eigenvalue weighted by atomic mass is 35.5. The van der Waals surface area contributed by atoms with Crippen molar-refractivity contribution in [1.82, 2.24) is 9.88 Å². The maximum Gasteiger partial charge on any atom is 0.410 e. The number of ether oxygens (including phenoxy) is 3. The van der Waals surface area contributed by atoms with Crippen molar-refractivity contribution in [2.45, 2.75) is 33.3 Å². The van der Waals surface area contributed by atoms with Crippen molar-refractivity contribution in [3.63, 3.8) is 0 Å². The van der Waals surface area contributed by atoms with Crippen LogP contribution in [0.4, 0.5) is 4.79 Å². The van der Waals surface area contributed by atoms with Crippen LogP contribution in [0.1, 0.15) is 31.9 Å². The molecule has 3 rings (SSSR count). The largest absolute Gasteiger partial charge is 0.487 e. The molecule has 0 saturated carbocycles. The van der Waals surface area contributed by atoms with E-state index in [9.17, 15) is 14.7 Å². The number of rotatable bonds is 7. The van der Waals surface area contributed by atoms with E-state index in [-0.39, 0.29) is 26.3 Å². The molecule has 1 unspecified atom stereocenters. The van der Waals surface area contributed by atoms with Gasteiger partial charge in [0.05, 0.1) is 16.0 Å². The first-order chi connectivity index (χ1) is 16.4. The average molecular weight is 523 g/mol. The maximum atomic E-state index is 12.4. The van der Waals surface area contributed by atoms with Crippen LogP contribution in [-0.4, -0.2) is 59.0 Å². The smallest absolute Gasteiger partial charge is 0.410 e. The lowest BCUT2D eigenvalue weighted by Gasteiger charge is -2.32. The Labute approximate surface area is 214 Å². The van der Waals surface area contributed by atoms with E-state index in [1.807, 2.05) is 6.92 Å². The Morgan fingerprint density at radius 2 is 1.80 bits per heavy atom. The van der Waals surface area contributed by atoms with Crippen molar-refractivity contribution >= 4 is 40.8 Å². The van der Waals surface area contributed by atoms with Crippen LogP contribution in [-0.2, 0) is 9.53 Å². The first-order valence-corrected chi connectivity index (χ1v) is 11.8. The van der Waals surface area contributed by atoms with Gasteiger partial charge in [-0.2, -0.15) is 0 Å². The third-order valence-corrected chi connectivity index (χ3v) is 5.61. The quantitative estimate of drug-likeness (QED) is 0.480. The monoisotopic (exact) mass is 522 g/mol. The minimum atomic E-state index is -1.03. The second kappa shape index (κ2) is 11.2. The highest BCUT2D eigenvalue weighted by Crippen LogP contribution is 2.34. The number of aromatic nitrogens is 1. The molecule has 1 aliphatic rings. The molecule has 2 aromatic rings. The van der Waals surface area contributed by atoms with E-state index in [1.165, 1.54) is 4.90 Å². The van der Waals surface area contributed by atoms with Crippen LogP contribution in [0.2, 0.25) is 10.0 Å². The number of hydrogen-bond donors (Lipinski definition) is 1. The second-order valence-corrected chi connectivity index (χ2v) is 9.89. The third-order valence-electron chi connectivity index (χ3n) is 5.05. The van der Waals surface area contributed by atoms with Crippen molar-refractivity contribution < 1.29 is 28.9 Å². The molecule has 0 bridgehead atoms. The second-order valence-electron chi connectivity index (χ2n) is 9.08. The highest BCUT2D eigenvalue weighted by Gasteiger charge is 2.33. The molecular formula is C25H28Cl2N2O6. The van der Waals surface area contributed by atoms with Crippen molar-refractivity contribution in [3.8, 4) is 11.6 Å². The number of amides is 1. The van der Waals surface area contributed by atoms with Crippen LogP contribution < -0.4 is 9.47 Å². The van der Waals surface area contributed by atoms with Gasteiger partial charge >= 0.3 is 12.1 Å². The Hall–Kier alpha value is -2.97. The van der Waals surface area contributed by atoms with Gasteiger partial charge in [-0.3, -0.25) is 4.79 Å². The zero-order chi connectivity index (χ0) is 25.8. The molecule has 1 atom stereocenters. The molecule has 1 aromatic carbocycles. The summed E-state index contributed by atoms with van der Waals surface area (Å²) in [5.74, 6) is -1.18. The molecule has 1 amide bonds. The number of hydrogen-bond acceptors (Lipinski definition) is 6. The predicted octanol–water partition coefficient (Wildman–Crippen LogP) is 5.49. The summed E-state index contributed by atoms with van der Waals surface area (Å²) >= 11 is 12.3. The van der Waals surface area contributed by atoms with Crippen LogP contribution in [0.3, 0.4) is 0 Å². The SMILES string of the molecule is Cc1cc(Cl)c(OCCOc2ccc(C3=CCN(C(=O)OC(C)(C)C)CC3C(=O)O)cn2)c(Cl)c1. The molecule has 8 nitrogen and oxygen atoms in total. The molecule has 2 heterocycles. The summed E-state index contributed by atoms with van der Waals surface area (Å²) in [7, 11) is 0. The predicted molar refractivity (Wildman–Crippen MR) is 133 cm³/mol. The number of aryl methyl sites for hydroxylation is 1. The van der Waals surface area contributed by atoms with E-state index in [2.05, 4.69) is 4.98 Å². The third kappa shape index (κ3) is 7.26.